The molecule has 2 N–H and O–H groups in total. The number of rotatable bonds is 6. The first kappa shape index (κ1) is 19.4. The average Bonchev–Trinajstić information content (AvgIpc) is 2.65. The second kappa shape index (κ2) is 8.52. The fourth-order valence-corrected chi connectivity index (χ4v) is 2.69. The van der Waals surface area contributed by atoms with Crippen molar-refractivity contribution < 1.29 is 9.53 Å². The lowest BCUT2D eigenvalue weighted by Gasteiger charge is -2.11. The average molecular weight is 376 g/mol. The van der Waals surface area contributed by atoms with E-state index in [-0.39, 0.29) is 5.97 Å². The van der Waals surface area contributed by atoms with Gasteiger partial charge in [-0.2, -0.15) is 4.98 Å². The molecule has 0 amide bonds. The fourth-order valence-electron chi connectivity index (χ4n) is 2.69. The number of nitrogens with one attached hydrogen (secondary N) is 2. The second-order valence-corrected chi connectivity index (χ2v) is 6.57. The fraction of sp³-hybridized carbons (Fsp3) is 0.227. The SMILES string of the molecule is CCOC(=O)c1ccc(Nc2cc(C)nc(Nc3ccc(C)c(C)c3)n2)cc1. The molecule has 1 aromatic heterocycles. The van der Waals surface area contributed by atoms with Gasteiger partial charge in [-0.1, -0.05) is 6.07 Å². The number of carbonyl (C=O) groups excluding carboxylic acids is 1. The first-order valence-corrected chi connectivity index (χ1v) is 9.19. The van der Waals surface area contributed by atoms with Crippen molar-refractivity contribution in [3.8, 4) is 0 Å². The molecule has 0 aliphatic rings. The van der Waals surface area contributed by atoms with Crippen molar-refractivity contribution in [1.29, 1.82) is 0 Å². The molecule has 0 radical (unpaired) electrons. The third-order valence-corrected chi connectivity index (χ3v) is 4.29. The molecule has 1 heterocycles. The van der Waals surface area contributed by atoms with Crippen LogP contribution in [-0.2, 0) is 4.74 Å². The number of hydrogen-bond acceptors (Lipinski definition) is 6. The molecule has 6 heteroatoms. The van der Waals surface area contributed by atoms with Gasteiger partial charge in [-0.05, 0) is 75.2 Å². The molecule has 6 nitrogen and oxygen atoms in total. The molecular formula is C22H24N4O2. The van der Waals surface area contributed by atoms with Crippen LogP contribution in [0.1, 0.15) is 34.1 Å². The molecule has 0 aliphatic heterocycles. The van der Waals surface area contributed by atoms with E-state index in [0.29, 0.717) is 23.9 Å². The van der Waals surface area contributed by atoms with Crippen molar-refractivity contribution in [3.05, 3.63) is 70.9 Å². The molecule has 0 atom stereocenters. The summed E-state index contributed by atoms with van der Waals surface area (Å²) in [7, 11) is 0. The summed E-state index contributed by atoms with van der Waals surface area (Å²) in [6.45, 7) is 8.22. The molecule has 0 aliphatic carbocycles. The molecule has 3 aromatic rings. The van der Waals surface area contributed by atoms with Crippen LogP contribution < -0.4 is 10.6 Å². The summed E-state index contributed by atoms with van der Waals surface area (Å²) in [6.07, 6.45) is 0. The van der Waals surface area contributed by atoms with Crippen molar-refractivity contribution in [2.24, 2.45) is 0 Å². The maximum Gasteiger partial charge on any atom is 0.338 e. The summed E-state index contributed by atoms with van der Waals surface area (Å²) in [5.41, 5.74) is 5.57. The van der Waals surface area contributed by atoms with E-state index < -0.39 is 0 Å². The monoisotopic (exact) mass is 376 g/mol. The van der Waals surface area contributed by atoms with Gasteiger partial charge in [-0.15, -0.1) is 0 Å². The van der Waals surface area contributed by atoms with E-state index >= 15 is 0 Å². The molecule has 0 bridgehead atoms. The van der Waals surface area contributed by atoms with E-state index in [2.05, 4.69) is 46.6 Å². The Bertz CT molecular complexity index is 984. The lowest BCUT2D eigenvalue weighted by atomic mass is 10.1. The highest BCUT2D eigenvalue weighted by Gasteiger charge is 2.07. The number of nitrogens with zero attached hydrogens (tertiary/aromatic N) is 2. The first-order valence-electron chi connectivity index (χ1n) is 9.19. The van der Waals surface area contributed by atoms with Crippen LogP contribution >= 0.6 is 0 Å². The van der Waals surface area contributed by atoms with E-state index in [1.54, 1.807) is 19.1 Å². The van der Waals surface area contributed by atoms with E-state index in [0.717, 1.165) is 17.1 Å². The van der Waals surface area contributed by atoms with Gasteiger partial charge in [0.15, 0.2) is 0 Å². The highest BCUT2D eigenvalue weighted by molar-refractivity contribution is 5.89. The van der Waals surface area contributed by atoms with Crippen molar-refractivity contribution in [3.63, 3.8) is 0 Å². The number of hydrogen-bond donors (Lipinski definition) is 2. The molecule has 0 spiro atoms. The second-order valence-electron chi connectivity index (χ2n) is 6.57. The molecule has 0 saturated carbocycles. The predicted octanol–water partition coefficient (Wildman–Crippen LogP) is 5.07. The zero-order valence-electron chi connectivity index (χ0n) is 16.5. The largest absolute Gasteiger partial charge is 0.462 e. The van der Waals surface area contributed by atoms with E-state index in [9.17, 15) is 4.79 Å². The van der Waals surface area contributed by atoms with E-state index in [1.165, 1.54) is 11.1 Å². The van der Waals surface area contributed by atoms with Gasteiger partial charge in [0.2, 0.25) is 5.95 Å². The quantitative estimate of drug-likeness (QED) is 0.585. The van der Waals surface area contributed by atoms with Crippen LogP contribution in [0.3, 0.4) is 0 Å². The topological polar surface area (TPSA) is 76.1 Å². The number of anilines is 4. The van der Waals surface area contributed by atoms with Crippen molar-refractivity contribution >= 4 is 29.1 Å². The third-order valence-electron chi connectivity index (χ3n) is 4.29. The third kappa shape index (κ3) is 4.85. The van der Waals surface area contributed by atoms with E-state index in [4.69, 9.17) is 4.74 Å². The summed E-state index contributed by atoms with van der Waals surface area (Å²) in [6, 6.07) is 15.1. The molecule has 0 unspecified atom stereocenters. The van der Waals surface area contributed by atoms with Gasteiger partial charge < -0.3 is 15.4 Å². The Morgan fingerprint density at radius 2 is 1.61 bits per heavy atom. The summed E-state index contributed by atoms with van der Waals surface area (Å²) >= 11 is 0. The van der Waals surface area contributed by atoms with Crippen LogP contribution in [-0.4, -0.2) is 22.5 Å². The number of aromatic nitrogens is 2. The van der Waals surface area contributed by atoms with Gasteiger partial charge in [0, 0.05) is 23.1 Å². The highest BCUT2D eigenvalue weighted by Crippen LogP contribution is 2.21. The maximum absolute atomic E-state index is 11.8. The molecule has 3 rings (SSSR count). The molecule has 28 heavy (non-hydrogen) atoms. The Morgan fingerprint density at radius 3 is 2.29 bits per heavy atom. The van der Waals surface area contributed by atoms with Crippen LogP contribution in [0.15, 0.2) is 48.5 Å². The molecule has 2 aromatic carbocycles. The molecule has 0 fully saturated rings. The first-order chi connectivity index (χ1) is 13.4. The van der Waals surface area contributed by atoms with Crippen LogP contribution in [0.25, 0.3) is 0 Å². The minimum atomic E-state index is -0.327. The standard InChI is InChI=1S/C22H24N4O2/c1-5-28-21(27)17-7-10-18(11-8-17)24-20-13-16(4)23-22(26-20)25-19-9-6-14(2)15(3)12-19/h6-13H,5H2,1-4H3,(H2,23,24,25,26). The zero-order valence-corrected chi connectivity index (χ0v) is 16.5. The smallest absolute Gasteiger partial charge is 0.338 e. The highest BCUT2D eigenvalue weighted by atomic mass is 16.5. The number of ether oxygens (including phenoxy) is 1. The normalized spacial score (nSPS) is 10.4. The van der Waals surface area contributed by atoms with Gasteiger partial charge in [-0.3, -0.25) is 0 Å². The van der Waals surface area contributed by atoms with Crippen molar-refractivity contribution in [2.75, 3.05) is 17.2 Å². The molecule has 0 saturated heterocycles. The lowest BCUT2D eigenvalue weighted by molar-refractivity contribution is 0.0526. The summed E-state index contributed by atoms with van der Waals surface area (Å²) in [4.78, 5) is 20.7. The van der Waals surface area contributed by atoms with Crippen molar-refractivity contribution in [2.45, 2.75) is 27.7 Å². The minimum absolute atomic E-state index is 0.327. The van der Waals surface area contributed by atoms with Crippen LogP contribution in [0, 0.1) is 20.8 Å². The number of carbonyl (C=O) groups is 1. The number of esters is 1. The number of aryl methyl sites for hydroxylation is 3. The van der Waals surface area contributed by atoms with Gasteiger partial charge >= 0.3 is 5.97 Å². The van der Waals surface area contributed by atoms with Crippen LogP contribution in [0.4, 0.5) is 23.1 Å². The molecular weight excluding hydrogens is 352 g/mol. The van der Waals surface area contributed by atoms with Crippen LogP contribution in [0.2, 0.25) is 0 Å². The van der Waals surface area contributed by atoms with E-state index in [1.807, 2.05) is 31.2 Å². The molecule has 144 valence electrons. The Balaban J connectivity index is 1.76. The van der Waals surface area contributed by atoms with Gasteiger partial charge in [0.05, 0.1) is 12.2 Å². The summed E-state index contributed by atoms with van der Waals surface area (Å²) < 4.78 is 5.00. The van der Waals surface area contributed by atoms with Crippen LogP contribution in [0.5, 0.6) is 0 Å². The Hall–Kier alpha value is -3.41. The van der Waals surface area contributed by atoms with Crippen molar-refractivity contribution in [1.82, 2.24) is 9.97 Å². The van der Waals surface area contributed by atoms with Gasteiger partial charge in [-0.25, -0.2) is 9.78 Å². The van der Waals surface area contributed by atoms with Gasteiger partial charge in [0.25, 0.3) is 0 Å². The summed E-state index contributed by atoms with van der Waals surface area (Å²) in [5.74, 6) is 0.864. The lowest BCUT2D eigenvalue weighted by Crippen LogP contribution is -2.05. The Morgan fingerprint density at radius 1 is 0.893 bits per heavy atom. The maximum atomic E-state index is 11.8. The Kier molecular flexibility index (Phi) is 5.89. The number of benzene rings is 2. The van der Waals surface area contributed by atoms with Gasteiger partial charge in [0.1, 0.15) is 5.82 Å². The predicted molar refractivity (Wildman–Crippen MR) is 112 cm³/mol. The zero-order chi connectivity index (χ0) is 20.1. The minimum Gasteiger partial charge on any atom is -0.462 e. The Labute approximate surface area is 165 Å². The summed E-state index contributed by atoms with van der Waals surface area (Å²) in [5, 5.41) is 6.50.